The van der Waals surface area contributed by atoms with Crippen LogP contribution in [0.3, 0.4) is 0 Å². The zero-order chi connectivity index (χ0) is 17.8. The highest BCUT2D eigenvalue weighted by Gasteiger charge is 2.22. The molecule has 1 fully saturated rings. The number of halogens is 1. The second-order valence-corrected chi connectivity index (χ2v) is 6.62. The van der Waals surface area contributed by atoms with Crippen molar-refractivity contribution in [2.45, 2.75) is 39.2 Å². The Kier molecular flexibility index (Phi) is 5.43. The minimum absolute atomic E-state index is 0.0262. The molecule has 3 rings (SSSR count). The SMILES string of the molecule is Cc1ccc(-c2noc(CCC(=O)NC3CNCCC3C)n2)cc1F. The number of benzene rings is 1. The van der Waals surface area contributed by atoms with Gasteiger partial charge in [-0.25, -0.2) is 4.39 Å². The Hall–Kier alpha value is -2.28. The molecule has 0 aliphatic carbocycles. The number of aryl methyl sites for hydroxylation is 2. The fourth-order valence-corrected chi connectivity index (χ4v) is 2.89. The van der Waals surface area contributed by atoms with Crippen LogP contribution in [0.25, 0.3) is 11.4 Å². The summed E-state index contributed by atoms with van der Waals surface area (Å²) in [6, 6.07) is 4.97. The van der Waals surface area contributed by atoms with Gasteiger partial charge in [0.25, 0.3) is 0 Å². The van der Waals surface area contributed by atoms with E-state index in [1.807, 2.05) is 0 Å². The molecule has 2 aromatic rings. The smallest absolute Gasteiger partial charge is 0.227 e. The summed E-state index contributed by atoms with van der Waals surface area (Å²) in [6.45, 7) is 5.65. The number of aromatic nitrogens is 2. The van der Waals surface area contributed by atoms with Crippen molar-refractivity contribution in [2.75, 3.05) is 13.1 Å². The molecular weight excluding hydrogens is 323 g/mol. The van der Waals surface area contributed by atoms with E-state index in [1.165, 1.54) is 6.07 Å². The minimum atomic E-state index is -0.307. The van der Waals surface area contributed by atoms with Crippen molar-refractivity contribution in [1.82, 2.24) is 20.8 Å². The third-order valence-electron chi connectivity index (χ3n) is 4.64. The van der Waals surface area contributed by atoms with Crippen molar-refractivity contribution in [2.24, 2.45) is 5.92 Å². The van der Waals surface area contributed by atoms with Gasteiger partial charge in [0, 0.05) is 31.0 Å². The lowest BCUT2D eigenvalue weighted by molar-refractivity contribution is -0.122. The Labute approximate surface area is 146 Å². The number of amides is 1. The molecule has 1 saturated heterocycles. The monoisotopic (exact) mass is 346 g/mol. The van der Waals surface area contributed by atoms with E-state index in [-0.39, 0.29) is 24.2 Å². The van der Waals surface area contributed by atoms with Crippen molar-refractivity contribution in [3.05, 3.63) is 35.5 Å². The minimum Gasteiger partial charge on any atom is -0.352 e. The van der Waals surface area contributed by atoms with E-state index >= 15 is 0 Å². The summed E-state index contributed by atoms with van der Waals surface area (Å²) < 4.78 is 18.8. The largest absolute Gasteiger partial charge is 0.352 e. The van der Waals surface area contributed by atoms with Crippen LogP contribution >= 0.6 is 0 Å². The molecule has 2 N–H and O–H groups in total. The van der Waals surface area contributed by atoms with E-state index in [2.05, 4.69) is 27.7 Å². The number of hydrogen-bond donors (Lipinski definition) is 2. The van der Waals surface area contributed by atoms with Gasteiger partial charge in [-0.3, -0.25) is 4.79 Å². The Morgan fingerprint density at radius 3 is 3.08 bits per heavy atom. The molecule has 25 heavy (non-hydrogen) atoms. The van der Waals surface area contributed by atoms with Gasteiger partial charge in [0.2, 0.25) is 17.6 Å². The molecule has 6 nitrogen and oxygen atoms in total. The Morgan fingerprint density at radius 1 is 1.48 bits per heavy atom. The van der Waals surface area contributed by atoms with Gasteiger partial charge in [-0.15, -0.1) is 0 Å². The highest BCUT2D eigenvalue weighted by molar-refractivity contribution is 5.76. The zero-order valence-corrected chi connectivity index (χ0v) is 14.5. The average molecular weight is 346 g/mol. The number of hydrogen-bond acceptors (Lipinski definition) is 5. The Bertz CT molecular complexity index is 746. The predicted octanol–water partition coefficient (Wildman–Crippen LogP) is 2.23. The van der Waals surface area contributed by atoms with E-state index in [9.17, 15) is 9.18 Å². The second-order valence-electron chi connectivity index (χ2n) is 6.62. The quantitative estimate of drug-likeness (QED) is 0.868. The summed E-state index contributed by atoms with van der Waals surface area (Å²) in [5.74, 6) is 0.845. The molecule has 0 saturated carbocycles. The molecule has 1 aliphatic rings. The number of carbonyl (C=O) groups is 1. The zero-order valence-electron chi connectivity index (χ0n) is 14.5. The summed E-state index contributed by atoms with van der Waals surface area (Å²) in [6.07, 6.45) is 1.71. The van der Waals surface area contributed by atoms with Crippen LogP contribution in [-0.2, 0) is 11.2 Å². The first kappa shape index (κ1) is 17.5. The fraction of sp³-hybridized carbons (Fsp3) is 0.500. The molecule has 1 aromatic carbocycles. The van der Waals surface area contributed by atoms with E-state index in [4.69, 9.17) is 4.52 Å². The third-order valence-corrected chi connectivity index (χ3v) is 4.64. The van der Waals surface area contributed by atoms with Crippen LogP contribution in [0.2, 0.25) is 0 Å². The maximum Gasteiger partial charge on any atom is 0.227 e. The van der Waals surface area contributed by atoms with Crippen molar-refractivity contribution in [3.8, 4) is 11.4 Å². The van der Waals surface area contributed by atoms with Crippen LogP contribution < -0.4 is 10.6 Å². The molecule has 1 amide bonds. The number of nitrogens with one attached hydrogen (secondary N) is 2. The van der Waals surface area contributed by atoms with Crippen molar-refractivity contribution >= 4 is 5.91 Å². The van der Waals surface area contributed by atoms with Gasteiger partial charge in [0.05, 0.1) is 0 Å². The summed E-state index contributed by atoms with van der Waals surface area (Å²) in [7, 11) is 0. The fourth-order valence-electron chi connectivity index (χ4n) is 2.89. The van der Waals surface area contributed by atoms with E-state index in [0.29, 0.717) is 35.2 Å². The Balaban J connectivity index is 1.54. The number of rotatable bonds is 5. The highest BCUT2D eigenvalue weighted by Crippen LogP contribution is 2.19. The van der Waals surface area contributed by atoms with Gasteiger partial charge in [0.15, 0.2) is 0 Å². The third kappa shape index (κ3) is 4.42. The van der Waals surface area contributed by atoms with Gasteiger partial charge in [-0.05, 0) is 37.4 Å². The van der Waals surface area contributed by atoms with Crippen LogP contribution in [0.5, 0.6) is 0 Å². The topological polar surface area (TPSA) is 80.0 Å². The highest BCUT2D eigenvalue weighted by atomic mass is 19.1. The standard InChI is InChI=1S/C18H23FN4O2/c1-11-3-4-13(9-14(11)19)18-22-17(25-23-18)6-5-16(24)21-15-10-20-8-7-12(15)2/h3-4,9,12,15,20H,5-8,10H2,1-2H3,(H,21,24). The van der Waals surface area contributed by atoms with Crippen LogP contribution in [0.15, 0.2) is 22.7 Å². The molecule has 0 radical (unpaired) electrons. The number of piperidine rings is 1. The van der Waals surface area contributed by atoms with Crippen molar-refractivity contribution < 1.29 is 13.7 Å². The van der Waals surface area contributed by atoms with E-state index in [0.717, 1.165) is 19.5 Å². The molecule has 2 unspecified atom stereocenters. The molecule has 0 bridgehead atoms. The lowest BCUT2D eigenvalue weighted by Crippen LogP contribution is -2.50. The maximum atomic E-state index is 13.6. The Morgan fingerprint density at radius 2 is 2.32 bits per heavy atom. The summed E-state index contributed by atoms with van der Waals surface area (Å²) >= 11 is 0. The molecule has 2 atom stereocenters. The molecule has 7 heteroatoms. The lowest BCUT2D eigenvalue weighted by atomic mass is 9.95. The van der Waals surface area contributed by atoms with Gasteiger partial charge in [0.1, 0.15) is 5.82 Å². The summed E-state index contributed by atoms with van der Waals surface area (Å²) in [4.78, 5) is 16.4. The first-order chi connectivity index (χ1) is 12.0. The molecule has 0 spiro atoms. The van der Waals surface area contributed by atoms with Crippen LogP contribution in [0.1, 0.15) is 31.2 Å². The van der Waals surface area contributed by atoms with Crippen LogP contribution in [-0.4, -0.2) is 35.2 Å². The first-order valence-corrected chi connectivity index (χ1v) is 8.62. The summed E-state index contributed by atoms with van der Waals surface area (Å²) in [5.41, 5.74) is 1.13. The second kappa shape index (κ2) is 7.74. The average Bonchev–Trinajstić information content (AvgIpc) is 3.07. The van der Waals surface area contributed by atoms with Crippen LogP contribution in [0, 0.1) is 18.7 Å². The molecule has 1 aliphatic heterocycles. The predicted molar refractivity (Wildman–Crippen MR) is 91.3 cm³/mol. The molecular formula is C18H23FN4O2. The first-order valence-electron chi connectivity index (χ1n) is 8.62. The molecule has 2 heterocycles. The number of carbonyl (C=O) groups excluding carboxylic acids is 1. The molecule has 134 valence electrons. The van der Waals surface area contributed by atoms with Crippen molar-refractivity contribution in [1.29, 1.82) is 0 Å². The maximum absolute atomic E-state index is 13.6. The number of nitrogens with zero attached hydrogens (tertiary/aromatic N) is 2. The van der Waals surface area contributed by atoms with Gasteiger partial charge < -0.3 is 15.2 Å². The van der Waals surface area contributed by atoms with Gasteiger partial charge in [-0.1, -0.05) is 24.2 Å². The summed E-state index contributed by atoms with van der Waals surface area (Å²) in [5, 5.41) is 10.2. The van der Waals surface area contributed by atoms with E-state index in [1.54, 1.807) is 19.1 Å². The van der Waals surface area contributed by atoms with Gasteiger partial charge >= 0.3 is 0 Å². The van der Waals surface area contributed by atoms with Crippen molar-refractivity contribution in [3.63, 3.8) is 0 Å². The lowest BCUT2D eigenvalue weighted by Gasteiger charge is -2.30. The molecule has 1 aromatic heterocycles. The van der Waals surface area contributed by atoms with Crippen LogP contribution in [0.4, 0.5) is 4.39 Å². The van der Waals surface area contributed by atoms with E-state index < -0.39 is 0 Å². The normalized spacial score (nSPS) is 20.4. The van der Waals surface area contributed by atoms with Gasteiger partial charge in [-0.2, -0.15) is 4.98 Å².